The quantitative estimate of drug-likeness (QED) is 0.617. The Morgan fingerprint density at radius 1 is 1.22 bits per heavy atom. The maximum atomic E-state index is 12.2. The molecule has 0 atom stereocenters. The van der Waals surface area contributed by atoms with E-state index < -0.39 is 5.91 Å². The van der Waals surface area contributed by atoms with Gasteiger partial charge in [-0.1, -0.05) is 12.1 Å². The lowest BCUT2D eigenvalue weighted by Crippen LogP contribution is -2.44. The third-order valence-electron chi connectivity index (χ3n) is 3.92. The normalized spacial score (nSPS) is 13.1. The summed E-state index contributed by atoms with van der Waals surface area (Å²) in [6.07, 6.45) is 1.48. The van der Waals surface area contributed by atoms with Gasteiger partial charge in [0.1, 0.15) is 12.3 Å². The minimum atomic E-state index is -0.420. The molecule has 1 aliphatic heterocycles. The fourth-order valence-corrected chi connectivity index (χ4v) is 2.62. The Kier molecular flexibility index (Phi) is 5.55. The highest BCUT2D eigenvalue weighted by Gasteiger charge is 2.26. The first kappa shape index (κ1) is 18.2. The van der Waals surface area contributed by atoms with Gasteiger partial charge in [-0.3, -0.25) is 14.5 Å². The molecular formula is C19H19N3O5. The lowest BCUT2D eigenvalue weighted by molar-refractivity contribution is -0.125. The van der Waals surface area contributed by atoms with E-state index in [0.717, 1.165) is 5.56 Å². The molecule has 2 aromatic rings. The lowest BCUT2D eigenvalue weighted by Gasteiger charge is -2.28. The number of hydrogen-bond acceptors (Lipinski definition) is 6. The van der Waals surface area contributed by atoms with Crippen LogP contribution in [0.25, 0.3) is 0 Å². The van der Waals surface area contributed by atoms with Crippen molar-refractivity contribution in [2.75, 3.05) is 32.3 Å². The number of methoxy groups -OCH3 is 2. The van der Waals surface area contributed by atoms with Gasteiger partial charge in [0.2, 0.25) is 0 Å². The molecule has 0 saturated heterocycles. The first-order chi connectivity index (χ1) is 13.1. The second-order valence-electron chi connectivity index (χ2n) is 5.64. The molecule has 140 valence electrons. The van der Waals surface area contributed by atoms with Gasteiger partial charge in [-0.05, 0) is 35.9 Å². The summed E-state index contributed by atoms with van der Waals surface area (Å²) in [5.74, 6) is 1.02. The monoisotopic (exact) mass is 369 g/mol. The molecule has 0 aliphatic carbocycles. The molecule has 27 heavy (non-hydrogen) atoms. The van der Waals surface area contributed by atoms with E-state index in [9.17, 15) is 9.59 Å². The van der Waals surface area contributed by atoms with Crippen LogP contribution in [0.4, 0.5) is 5.69 Å². The van der Waals surface area contributed by atoms with Crippen molar-refractivity contribution in [3.05, 3.63) is 48.0 Å². The van der Waals surface area contributed by atoms with Crippen molar-refractivity contribution >= 4 is 23.7 Å². The van der Waals surface area contributed by atoms with Gasteiger partial charge in [-0.25, -0.2) is 5.43 Å². The van der Waals surface area contributed by atoms with Crippen LogP contribution in [-0.4, -0.2) is 45.4 Å². The van der Waals surface area contributed by atoms with Gasteiger partial charge in [-0.15, -0.1) is 0 Å². The van der Waals surface area contributed by atoms with E-state index in [1.165, 1.54) is 18.2 Å². The SMILES string of the molecule is COc1ccc(/C=N\NC(=O)CN2C(=O)COc3ccccc32)cc1OC. The van der Waals surface area contributed by atoms with Crippen molar-refractivity contribution in [2.24, 2.45) is 5.10 Å². The van der Waals surface area contributed by atoms with Crippen molar-refractivity contribution < 1.29 is 23.8 Å². The number of hydrazone groups is 1. The van der Waals surface area contributed by atoms with Crippen molar-refractivity contribution in [3.63, 3.8) is 0 Å². The summed E-state index contributed by atoms with van der Waals surface area (Å²) in [7, 11) is 3.09. The number of rotatable bonds is 6. The Hall–Kier alpha value is -3.55. The van der Waals surface area contributed by atoms with Crippen molar-refractivity contribution in [1.29, 1.82) is 0 Å². The summed E-state index contributed by atoms with van der Waals surface area (Å²) >= 11 is 0. The number of para-hydroxylation sites is 2. The van der Waals surface area contributed by atoms with Gasteiger partial charge in [0.25, 0.3) is 11.8 Å². The van der Waals surface area contributed by atoms with Crippen LogP contribution in [0.5, 0.6) is 17.2 Å². The van der Waals surface area contributed by atoms with E-state index in [0.29, 0.717) is 22.9 Å². The molecule has 8 heteroatoms. The molecule has 1 heterocycles. The van der Waals surface area contributed by atoms with E-state index >= 15 is 0 Å². The number of amides is 2. The van der Waals surface area contributed by atoms with E-state index in [1.807, 2.05) is 0 Å². The fraction of sp³-hybridized carbons (Fsp3) is 0.211. The van der Waals surface area contributed by atoms with Crippen LogP contribution >= 0.6 is 0 Å². The van der Waals surface area contributed by atoms with Crippen molar-refractivity contribution in [2.45, 2.75) is 0 Å². The van der Waals surface area contributed by atoms with Crippen LogP contribution in [0.3, 0.4) is 0 Å². The third-order valence-corrected chi connectivity index (χ3v) is 3.92. The molecule has 8 nitrogen and oxygen atoms in total. The molecule has 0 unspecified atom stereocenters. The number of hydrogen-bond donors (Lipinski definition) is 1. The number of benzene rings is 2. The topological polar surface area (TPSA) is 89.5 Å². The smallest absolute Gasteiger partial charge is 0.265 e. The minimum Gasteiger partial charge on any atom is -0.493 e. The number of nitrogens with zero attached hydrogens (tertiary/aromatic N) is 2. The second-order valence-corrected chi connectivity index (χ2v) is 5.64. The Balaban J connectivity index is 1.63. The molecule has 2 aromatic carbocycles. The molecule has 2 amide bonds. The molecular weight excluding hydrogens is 350 g/mol. The number of nitrogens with one attached hydrogen (secondary N) is 1. The van der Waals surface area contributed by atoms with Crippen LogP contribution in [0.2, 0.25) is 0 Å². The molecule has 0 aromatic heterocycles. The van der Waals surface area contributed by atoms with Crippen LogP contribution in [0.1, 0.15) is 5.56 Å². The van der Waals surface area contributed by atoms with Crippen LogP contribution < -0.4 is 24.5 Å². The predicted molar refractivity (Wildman–Crippen MR) is 99.6 cm³/mol. The summed E-state index contributed by atoms with van der Waals surface area (Å²) < 4.78 is 15.7. The molecule has 3 rings (SSSR count). The summed E-state index contributed by atoms with van der Waals surface area (Å²) in [6.45, 7) is -0.248. The highest BCUT2D eigenvalue weighted by atomic mass is 16.5. The van der Waals surface area contributed by atoms with E-state index in [1.54, 1.807) is 49.6 Å². The first-order valence-corrected chi connectivity index (χ1v) is 8.18. The second kappa shape index (κ2) is 8.22. The Labute approximate surface area is 156 Å². The zero-order valence-electron chi connectivity index (χ0n) is 15.0. The standard InChI is InChI=1S/C19H19N3O5/c1-25-16-8-7-13(9-17(16)26-2)10-20-21-18(23)11-22-14-5-3-4-6-15(14)27-12-19(22)24/h3-10H,11-12H2,1-2H3,(H,21,23)/b20-10-. The maximum absolute atomic E-state index is 12.2. The van der Waals surface area contributed by atoms with Crippen LogP contribution in [-0.2, 0) is 9.59 Å². The van der Waals surface area contributed by atoms with Gasteiger partial charge in [0.15, 0.2) is 18.1 Å². The van der Waals surface area contributed by atoms with Gasteiger partial charge in [0, 0.05) is 0 Å². The highest BCUT2D eigenvalue weighted by molar-refractivity contribution is 6.02. The zero-order chi connectivity index (χ0) is 19.2. The largest absolute Gasteiger partial charge is 0.493 e. The minimum absolute atomic E-state index is 0.0980. The van der Waals surface area contributed by atoms with Gasteiger partial charge < -0.3 is 14.2 Å². The summed E-state index contributed by atoms with van der Waals surface area (Å²) in [5, 5.41) is 3.93. The van der Waals surface area contributed by atoms with Gasteiger partial charge >= 0.3 is 0 Å². The third kappa shape index (κ3) is 4.17. The zero-order valence-corrected chi connectivity index (χ0v) is 15.0. The predicted octanol–water partition coefficient (Wildman–Crippen LogP) is 1.58. The van der Waals surface area contributed by atoms with E-state index in [4.69, 9.17) is 14.2 Å². The fourth-order valence-electron chi connectivity index (χ4n) is 2.62. The van der Waals surface area contributed by atoms with Gasteiger partial charge in [-0.2, -0.15) is 5.10 Å². The van der Waals surface area contributed by atoms with E-state index in [-0.39, 0.29) is 19.1 Å². The Bertz CT molecular complexity index is 881. The lowest BCUT2D eigenvalue weighted by atomic mass is 10.2. The summed E-state index contributed by atoms with van der Waals surface area (Å²) in [4.78, 5) is 25.6. The van der Waals surface area contributed by atoms with E-state index in [2.05, 4.69) is 10.5 Å². The highest BCUT2D eigenvalue weighted by Crippen LogP contribution is 2.31. The van der Waals surface area contributed by atoms with Crippen molar-refractivity contribution in [1.82, 2.24) is 5.43 Å². The van der Waals surface area contributed by atoms with Crippen LogP contribution in [0.15, 0.2) is 47.6 Å². The molecule has 1 aliphatic rings. The molecule has 0 radical (unpaired) electrons. The first-order valence-electron chi connectivity index (χ1n) is 8.18. The number of carbonyl (C=O) groups is 2. The molecule has 0 saturated carbocycles. The summed E-state index contributed by atoms with van der Waals surface area (Å²) in [5.41, 5.74) is 3.71. The van der Waals surface area contributed by atoms with Crippen molar-refractivity contribution in [3.8, 4) is 17.2 Å². The molecule has 1 N–H and O–H groups in total. The Morgan fingerprint density at radius 2 is 2.00 bits per heavy atom. The van der Waals surface area contributed by atoms with Gasteiger partial charge in [0.05, 0.1) is 26.1 Å². The number of ether oxygens (including phenoxy) is 3. The number of carbonyl (C=O) groups excluding carboxylic acids is 2. The number of anilines is 1. The number of fused-ring (bicyclic) bond motifs is 1. The molecule has 0 fully saturated rings. The molecule has 0 bridgehead atoms. The average molecular weight is 369 g/mol. The Morgan fingerprint density at radius 3 is 2.78 bits per heavy atom. The molecule has 0 spiro atoms. The average Bonchev–Trinajstić information content (AvgIpc) is 2.70. The summed E-state index contributed by atoms with van der Waals surface area (Å²) in [6, 6.07) is 12.3. The maximum Gasteiger partial charge on any atom is 0.265 e. The van der Waals surface area contributed by atoms with Crippen LogP contribution in [0, 0.1) is 0 Å².